The van der Waals surface area contributed by atoms with E-state index in [0.717, 1.165) is 17.0 Å². The summed E-state index contributed by atoms with van der Waals surface area (Å²) in [4.78, 5) is 20.5. The van der Waals surface area contributed by atoms with E-state index in [4.69, 9.17) is 4.52 Å². The Morgan fingerprint density at radius 3 is 2.78 bits per heavy atom. The second kappa shape index (κ2) is 8.57. The van der Waals surface area contributed by atoms with Crippen LogP contribution in [0, 0.1) is 13.8 Å². The number of hydrogen-bond donors (Lipinski definition) is 1. The zero-order valence-corrected chi connectivity index (χ0v) is 15.8. The van der Waals surface area contributed by atoms with Crippen molar-refractivity contribution in [2.75, 3.05) is 0 Å². The highest BCUT2D eigenvalue weighted by molar-refractivity contribution is 5.76. The van der Waals surface area contributed by atoms with Crippen molar-refractivity contribution < 1.29 is 9.32 Å². The maximum Gasteiger partial charge on any atom is 0.226 e. The first kappa shape index (κ1) is 18.8. The van der Waals surface area contributed by atoms with Crippen molar-refractivity contribution in [3.63, 3.8) is 0 Å². The number of aromatic nitrogens is 5. The Bertz CT molecular complexity index is 887. The van der Waals surface area contributed by atoms with Gasteiger partial charge in [-0.3, -0.25) is 14.5 Å². The van der Waals surface area contributed by atoms with Gasteiger partial charge in [-0.15, -0.1) is 0 Å². The van der Waals surface area contributed by atoms with Crippen LogP contribution in [-0.4, -0.2) is 36.9 Å². The number of hydrogen-bond acceptors (Lipinski definition) is 6. The van der Waals surface area contributed by atoms with E-state index in [1.807, 2.05) is 43.7 Å². The standard InChI is InChI=1S/C19H24N6O2/c1-13-11-15(3)25(23-13)12-14(2)21-17(26)5-4-6-18-22-19(24-27-18)16-7-9-20-10-8-16/h7-11,14H,4-6,12H2,1-3H3,(H,21,26). The molecule has 0 bridgehead atoms. The molecule has 0 saturated heterocycles. The predicted molar refractivity (Wildman–Crippen MR) is 99.8 cm³/mol. The minimum absolute atomic E-state index is 0.0113. The number of carbonyl (C=O) groups excluding carboxylic acids is 1. The largest absolute Gasteiger partial charge is 0.352 e. The molecule has 3 aromatic rings. The number of aryl methyl sites for hydroxylation is 3. The van der Waals surface area contributed by atoms with Gasteiger partial charge in [0.2, 0.25) is 17.6 Å². The van der Waals surface area contributed by atoms with Gasteiger partial charge in [-0.05, 0) is 45.4 Å². The predicted octanol–water partition coefficient (Wildman–Crippen LogP) is 2.47. The van der Waals surface area contributed by atoms with Crippen LogP contribution in [0.2, 0.25) is 0 Å². The SMILES string of the molecule is Cc1cc(C)n(CC(C)NC(=O)CCCc2nc(-c3ccncc3)no2)n1. The van der Waals surface area contributed by atoms with Gasteiger partial charge in [0.1, 0.15) is 0 Å². The molecule has 3 aromatic heterocycles. The molecule has 0 aliphatic heterocycles. The molecular weight excluding hydrogens is 344 g/mol. The molecule has 142 valence electrons. The normalized spacial score (nSPS) is 12.1. The fourth-order valence-corrected chi connectivity index (χ4v) is 2.89. The first-order chi connectivity index (χ1) is 13.0. The molecular formula is C19H24N6O2. The third kappa shape index (κ3) is 5.22. The van der Waals surface area contributed by atoms with Crippen molar-refractivity contribution in [1.29, 1.82) is 0 Å². The van der Waals surface area contributed by atoms with Crippen LogP contribution in [0.4, 0.5) is 0 Å². The summed E-state index contributed by atoms with van der Waals surface area (Å²) in [7, 11) is 0. The smallest absolute Gasteiger partial charge is 0.226 e. The lowest BCUT2D eigenvalue weighted by molar-refractivity contribution is -0.121. The van der Waals surface area contributed by atoms with Crippen LogP contribution in [0.1, 0.15) is 37.0 Å². The molecule has 8 heteroatoms. The fourth-order valence-electron chi connectivity index (χ4n) is 2.89. The molecule has 0 aromatic carbocycles. The summed E-state index contributed by atoms with van der Waals surface area (Å²) in [6, 6.07) is 5.69. The minimum atomic E-state index is 0.0113. The number of rotatable bonds is 8. The van der Waals surface area contributed by atoms with Crippen LogP contribution in [0.5, 0.6) is 0 Å². The summed E-state index contributed by atoms with van der Waals surface area (Å²) < 4.78 is 7.17. The van der Waals surface area contributed by atoms with Gasteiger partial charge in [-0.2, -0.15) is 10.1 Å². The average Bonchev–Trinajstić information content (AvgIpc) is 3.22. The highest BCUT2D eigenvalue weighted by Crippen LogP contribution is 2.15. The number of amides is 1. The highest BCUT2D eigenvalue weighted by Gasteiger charge is 2.12. The zero-order valence-electron chi connectivity index (χ0n) is 15.8. The average molecular weight is 368 g/mol. The van der Waals surface area contributed by atoms with Crippen LogP contribution in [0.15, 0.2) is 35.1 Å². The summed E-state index contributed by atoms with van der Waals surface area (Å²) in [5.41, 5.74) is 2.93. The topological polar surface area (TPSA) is 98.7 Å². The molecule has 0 aliphatic carbocycles. The van der Waals surface area contributed by atoms with Gasteiger partial charge in [-0.1, -0.05) is 5.16 Å². The van der Waals surface area contributed by atoms with Crippen LogP contribution in [-0.2, 0) is 17.8 Å². The molecule has 3 rings (SSSR count). The monoisotopic (exact) mass is 368 g/mol. The van der Waals surface area contributed by atoms with Crippen LogP contribution in [0.25, 0.3) is 11.4 Å². The summed E-state index contributed by atoms with van der Waals surface area (Å²) >= 11 is 0. The first-order valence-electron chi connectivity index (χ1n) is 9.04. The summed E-state index contributed by atoms with van der Waals surface area (Å²) in [6.45, 7) is 6.61. The second-order valence-electron chi connectivity index (χ2n) is 6.68. The Morgan fingerprint density at radius 2 is 2.07 bits per heavy atom. The van der Waals surface area contributed by atoms with Crippen molar-refractivity contribution in [2.24, 2.45) is 0 Å². The quantitative estimate of drug-likeness (QED) is 0.656. The van der Waals surface area contributed by atoms with E-state index in [0.29, 0.717) is 37.5 Å². The van der Waals surface area contributed by atoms with Gasteiger partial charge in [0, 0.05) is 42.5 Å². The van der Waals surface area contributed by atoms with Gasteiger partial charge in [0.15, 0.2) is 0 Å². The van der Waals surface area contributed by atoms with Gasteiger partial charge >= 0.3 is 0 Å². The molecule has 1 unspecified atom stereocenters. The summed E-state index contributed by atoms with van der Waals surface area (Å²) in [5.74, 6) is 1.08. The maximum absolute atomic E-state index is 12.1. The molecule has 0 radical (unpaired) electrons. The highest BCUT2D eigenvalue weighted by atomic mass is 16.5. The molecule has 1 atom stereocenters. The van der Waals surface area contributed by atoms with E-state index in [1.165, 1.54) is 0 Å². The summed E-state index contributed by atoms with van der Waals surface area (Å²) in [6.07, 6.45) is 4.99. The Labute approximate surface area is 158 Å². The Morgan fingerprint density at radius 1 is 1.30 bits per heavy atom. The van der Waals surface area contributed by atoms with Crippen LogP contribution in [0.3, 0.4) is 0 Å². The van der Waals surface area contributed by atoms with Gasteiger partial charge < -0.3 is 9.84 Å². The number of nitrogens with one attached hydrogen (secondary N) is 1. The summed E-state index contributed by atoms with van der Waals surface area (Å²) in [5, 5.41) is 11.4. The molecule has 1 amide bonds. The van der Waals surface area contributed by atoms with Gasteiger partial charge in [0.05, 0.1) is 12.2 Å². The third-order valence-corrected chi connectivity index (χ3v) is 4.16. The van der Waals surface area contributed by atoms with Gasteiger partial charge in [-0.25, -0.2) is 0 Å². The number of carbonyl (C=O) groups is 1. The van der Waals surface area contributed by atoms with Crippen LogP contribution < -0.4 is 5.32 Å². The van der Waals surface area contributed by atoms with Crippen molar-refractivity contribution in [2.45, 2.75) is 52.6 Å². The Kier molecular flexibility index (Phi) is 5.95. The molecule has 27 heavy (non-hydrogen) atoms. The molecule has 8 nitrogen and oxygen atoms in total. The molecule has 0 saturated carbocycles. The molecule has 0 spiro atoms. The van der Waals surface area contributed by atoms with Crippen molar-refractivity contribution in [3.8, 4) is 11.4 Å². The molecule has 0 aliphatic rings. The third-order valence-electron chi connectivity index (χ3n) is 4.16. The Hall–Kier alpha value is -3.03. The lowest BCUT2D eigenvalue weighted by Crippen LogP contribution is -2.36. The van der Waals surface area contributed by atoms with E-state index in [1.54, 1.807) is 12.4 Å². The Balaban J connectivity index is 1.42. The number of pyridine rings is 1. The zero-order chi connectivity index (χ0) is 19.2. The van der Waals surface area contributed by atoms with Crippen molar-refractivity contribution in [1.82, 2.24) is 30.2 Å². The number of nitrogens with zero attached hydrogens (tertiary/aromatic N) is 5. The maximum atomic E-state index is 12.1. The lowest BCUT2D eigenvalue weighted by atomic mass is 10.2. The van der Waals surface area contributed by atoms with E-state index in [9.17, 15) is 4.79 Å². The lowest BCUT2D eigenvalue weighted by Gasteiger charge is -2.15. The van der Waals surface area contributed by atoms with E-state index >= 15 is 0 Å². The van der Waals surface area contributed by atoms with E-state index < -0.39 is 0 Å². The van der Waals surface area contributed by atoms with E-state index in [2.05, 4.69) is 25.5 Å². The van der Waals surface area contributed by atoms with Crippen molar-refractivity contribution >= 4 is 5.91 Å². The van der Waals surface area contributed by atoms with Crippen LogP contribution >= 0.6 is 0 Å². The first-order valence-corrected chi connectivity index (χ1v) is 9.04. The molecule has 0 fully saturated rings. The molecule has 1 N–H and O–H groups in total. The van der Waals surface area contributed by atoms with E-state index in [-0.39, 0.29) is 11.9 Å². The fraction of sp³-hybridized carbons (Fsp3) is 0.421. The second-order valence-corrected chi connectivity index (χ2v) is 6.68. The van der Waals surface area contributed by atoms with Crippen molar-refractivity contribution in [3.05, 3.63) is 47.9 Å². The minimum Gasteiger partial charge on any atom is -0.352 e. The van der Waals surface area contributed by atoms with Gasteiger partial charge in [0.25, 0.3) is 0 Å². The molecule has 3 heterocycles.